The van der Waals surface area contributed by atoms with Crippen LogP contribution in [0, 0.1) is 12.7 Å². The molecular weight excluding hydrogens is 575 g/mol. The van der Waals surface area contributed by atoms with E-state index in [2.05, 4.69) is 10.6 Å². The molecule has 0 radical (unpaired) electrons. The van der Waals surface area contributed by atoms with Crippen LogP contribution in [0.2, 0.25) is 0 Å². The summed E-state index contributed by atoms with van der Waals surface area (Å²) in [5.74, 6) is -0.844. The molecule has 3 aromatic carbocycles. The minimum Gasteiger partial charge on any atom is -0.308 e. The Balaban J connectivity index is 0.00000423. The van der Waals surface area contributed by atoms with Crippen LogP contribution in [-0.4, -0.2) is 41.7 Å². The molecule has 1 heterocycles. The van der Waals surface area contributed by atoms with Crippen LogP contribution < -0.4 is 10.6 Å². The van der Waals surface area contributed by atoms with Gasteiger partial charge < -0.3 is 15.5 Å². The second-order valence-corrected chi connectivity index (χ2v) is 10.8. The van der Waals surface area contributed by atoms with Crippen LogP contribution in [0.25, 0.3) is 10.9 Å². The van der Waals surface area contributed by atoms with E-state index in [9.17, 15) is 18.8 Å². The summed E-state index contributed by atoms with van der Waals surface area (Å²) in [5, 5.41) is 5.79. The Labute approximate surface area is 255 Å². The van der Waals surface area contributed by atoms with Crippen molar-refractivity contribution in [2.45, 2.75) is 45.1 Å². The summed E-state index contributed by atoms with van der Waals surface area (Å²) in [4.78, 5) is 50.1. The van der Waals surface area contributed by atoms with Crippen LogP contribution in [0.1, 0.15) is 58.8 Å². The Kier molecular flexibility index (Phi) is 10.1. The van der Waals surface area contributed by atoms with Crippen molar-refractivity contribution in [3.63, 3.8) is 0 Å². The lowest BCUT2D eigenvalue weighted by Crippen LogP contribution is -2.21. The Morgan fingerprint density at radius 2 is 1.60 bits per heavy atom. The maximum absolute atomic E-state index is 14.2. The molecule has 0 atom stereocenters. The summed E-state index contributed by atoms with van der Waals surface area (Å²) in [7, 11) is 3.87. The number of carbonyl (C=O) groups excluding carboxylic acids is 3. The number of carbonyl (C=O) groups is 3. The quantitative estimate of drug-likeness (QED) is 0.172. The maximum atomic E-state index is 14.2. The Bertz CT molecular complexity index is 1610. The van der Waals surface area contributed by atoms with E-state index in [1.165, 1.54) is 49.4 Å². The van der Waals surface area contributed by atoms with Gasteiger partial charge in [-0.25, -0.2) is 33.1 Å². The third kappa shape index (κ3) is 7.33. The molecule has 226 valence electrons. The average Bonchev–Trinajstić information content (AvgIpc) is 3.59. The molecule has 1 fully saturated rings. The first-order valence-corrected chi connectivity index (χ1v) is 13.8. The van der Waals surface area contributed by atoms with E-state index in [1.807, 2.05) is 43.3 Å². The predicted molar refractivity (Wildman–Crippen MR) is 165 cm³/mol. The minimum absolute atomic E-state index is 0. The van der Waals surface area contributed by atoms with Gasteiger partial charge in [0.25, 0.3) is 0 Å². The van der Waals surface area contributed by atoms with Gasteiger partial charge >= 0.3 is 18.1 Å². The third-order valence-corrected chi connectivity index (χ3v) is 7.46. The molecule has 0 aliphatic heterocycles. The smallest absolute Gasteiger partial charge is 0.308 e. The van der Waals surface area contributed by atoms with Crippen LogP contribution in [0.5, 0.6) is 0 Å². The largest absolute Gasteiger partial charge is 0.461 e. The third-order valence-electron chi connectivity index (χ3n) is 7.46. The molecule has 9 nitrogen and oxygen atoms in total. The number of hydrogen-bond donors (Lipinski definition) is 2. The normalized spacial score (nSPS) is 13.0. The van der Waals surface area contributed by atoms with Crippen molar-refractivity contribution >= 4 is 52.8 Å². The second-order valence-electron chi connectivity index (χ2n) is 10.8. The monoisotopic (exact) mass is 608 g/mol. The molecule has 0 unspecified atom stereocenters. The van der Waals surface area contributed by atoms with Gasteiger partial charge in [-0.1, -0.05) is 37.1 Å². The van der Waals surface area contributed by atoms with E-state index in [0.29, 0.717) is 18.2 Å². The Morgan fingerprint density at radius 3 is 2.26 bits per heavy atom. The molecule has 1 aliphatic rings. The first-order chi connectivity index (χ1) is 20.2. The lowest BCUT2D eigenvalue weighted by atomic mass is 9.98. The van der Waals surface area contributed by atoms with Crippen molar-refractivity contribution in [1.29, 1.82) is 0 Å². The molecule has 4 aromatic rings. The molecule has 5 rings (SSSR count). The SMILES string of the molecule is Cc1c(NC(=O)Nc2ccc(C3CCCC3)cc2)c2cc(F)ccc2n1C(=O)OOC(=O)c1ccc(CN(C)C)cc1.Cl. The van der Waals surface area contributed by atoms with Gasteiger partial charge in [-0.2, -0.15) is 0 Å². The number of nitrogens with one attached hydrogen (secondary N) is 2. The van der Waals surface area contributed by atoms with Crippen LogP contribution in [0.15, 0.2) is 66.7 Å². The molecule has 2 amide bonds. The van der Waals surface area contributed by atoms with E-state index in [1.54, 1.807) is 31.2 Å². The predicted octanol–water partition coefficient (Wildman–Crippen LogP) is 7.63. The van der Waals surface area contributed by atoms with E-state index in [4.69, 9.17) is 9.78 Å². The van der Waals surface area contributed by atoms with E-state index < -0.39 is 23.9 Å². The van der Waals surface area contributed by atoms with Gasteiger partial charge in [0.05, 0.1) is 22.5 Å². The van der Waals surface area contributed by atoms with Gasteiger partial charge in [-0.15, -0.1) is 12.4 Å². The number of benzene rings is 3. The van der Waals surface area contributed by atoms with Crippen LogP contribution in [-0.2, 0) is 16.3 Å². The van der Waals surface area contributed by atoms with Gasteiger partial charge in [0.2, 0.25) is 0 Å². The van der Waals surface area contributed by atoms with Crippen molar-refractivity contribution in [1.82, 2.24) is 9.47 Å². The molecule has 2 N–H and O–H groups in total. The first kappa shape index (κ1) is 31.5. The summed E-state index contributed by atoms with van der Waals surface area (Å²) in [6, 6.07) is 17.7. The van der Waals surface area contributed by atoms with E-state index in [-0.39, 0.29) is 40.3 Å². The number of aromatic nitrogens is 1. The number of amides is 2. The van der Waals surface area contributed by atoms with Crippen LogP contribution in [0.4, 0.5) is 25.4 Å². The van der Waals surface area contributed by atoms with Crippen molar-refractivity contribution in [2.75, 3.05) is 24.7 Å². The molecule has 0 bridgehead atoms. The van der Waals surface area contributed by atoms with Crippen LogP contribution in [0.3, 0.4) is 0 Å². The highest BCUT2D eigenvalue weighted by molar-refractivity contribution is 6.09. The van der Waals surface area contributed by atoms with Crippen LogP contribution >= 0.6 is 12.4 Å². The van der Waals surface area contributed by atoms with E-state index >= 15 is 0 Å². The van der Waals surface area contributed by atoms with Gasteiger partial charge in [0.1, 0.15) is 5.82 Å². The highest BCUT2D eigenvalue weighted by Crippen LogP contribution is 2.35. The number of anilines is 2. The first-order valence-electron chi connectivity index (χ1n) is 13.8. The fourth-order valence-corrected chi connectivity index (χ4v) is 5.43. The van der Waals surface area contributed by atoms with Crippen molar-refractivity contribution in [2.24, 2.45) is 0 Å². The zero-order valence-electron chi connectivity index (χ0n) is 24.2. The summed E-state index contributed by atoms with van der Waals surface area (Å²) >= 11 is 0. The summed E-state index contributed by atoms with van der Waals surface area (Å²) in [6.07, 6.45) is 3.80. The molecule has 0 saturated heterocycles. The molecule has 11 heteroatoms. The highest BCUT2D eigenvalue weighted by atomic mass is 35.5. The topological polar surface area (TPSA) is 102 Å². The van der Waals surface area contributed by atoms with Gasteiger partial charge in [-0.3, -0.25) is 0 Å². The van der Waals surface area contributed by atoms with Crippen molar-refractivity contribution in [3.05, 3.63) is 94.9 Å². The molecule has 1 saturated carbocycles. The summed E-state index contributed by atoms with van der Waals surface area (Å²) < 4.78 is 15.3. The highest BCUT2D eigenvalue weighted by Gasteiger charge is 2.24. The standard InChI is InChI=1S/C32H33FN4O5.ClH/c1-20-29(35-31(39)34-26-15-12-23(13-16-26)22-6-4-5-7-22)27-18-25(33)14-17-28(27)37(20)32(40)42-41-30(38)24-10-8-21(9-11-24)19-36(2)3;/h8-18,22H,4-7,19H2,1-3H3,(H2,34,35,39);1H. The second kappa shape index (κ2) is 13.7. The number of fused-ring (bicyclic) bond motifs is 1. The molecule has 0 spiro atoms. The number of rotatable bonds is 6. The molecule has 43 heavy (non-hydrogen) atoms. The molecule has 1 aromatic heterocycles. The summed E-state index contributed by atoms with van der Waals surface area (Å²) in [6.45, 7) is 2.27. The number of nitrogens with zero attached hydrogens (tertiary/aromatic N) is 2. The van der Waals surface area contributed by atoms with Crippen molar-refractivity contribution in [3.8, 4) is 0 Å². The number of urea groups is 1. The van der Waals surface area contributed by atoms with Gasteiger partial charge in [0, 0.05) is 17.6 Å². The van der Waals surface area contributed by atoms with Gasteiger partial charge in [0.15, 0.2) is 0 Å². The number of hydrogen-bond acceptors (Lipinski definition) is 6. The zero-order chi connectivity index (χ0) is 29.8. The Morgan fingerprint density at radius 1 is 0.930 bits per heavy atom. The molecular formula is C32H34ClFN4O5. The average molecular weight is 609 g/mol. The fourth-order valence-electron chi connectivity index (χ4n) is 5.43. The van der Waals surface area contributed by atoms with E-state index in [0.717, 1.165) is 10.1 Å². The fraction of sp³-hybridized carbons (Fsp3) is 0.281. The maximum Gasteiger partial charge on any atom is 0.461 e. The lowest BCUT2D eigenvalue weighted by molar-refractivity contribution is -0.182. The summed E-state index contributed by atoms with van der Waals surface area (Å²) in [5.41, 5.74) is 3.80. The van der Waals surface area contributed by atoms with Gasteiger partial charge in [-0.05, 0) is 93.4 Å². The Hall–Kier alpha value is -4.41. The number of halogens is 2. The molecule has 1 aliphatic carbocycles. The zero-order valence-corrected chi connectivity index (χ0v) is 25.0. The lowest BCUT2D eigenvalue weighted by Gasteiger charge is -2.12. The van der Waals surface area contributed by atoms with Crippen molar-refractivity contribution < 1.29 is 28.5 Å². The minimum atomic E-state index is -1.03.